The molecule has 2 N–H and O–H groups in total. The number of sulfonamides is 1. The lowest BCUT2D eigenvalue weighted by atomic mass is 9.86. The van der Waals surface area contributed by atoms with Crippen LogP contribution >= 0.6 is 0 Å². The molecule has 0 bridgehead atoms. The fourth-order valence-corrected chi connectivity index (χ4v) is 6.41. The maximum atomic E-state index is 13.5. The van der Waals surface area contributed by atoms with Crippen LogP contribution < -0.4 is 9.46 Å². The molecule has 1 fully saturated rings. The lowest BCUT2D eigenvalue weighted by Crippen LogP contribution is -2.48. The number of hydrogen-bond donors (Lipinski definition) is 2. The smallest absolute Gasteiger partial charge is 0.262 e. The number of carbonyl (C=O) groups is 1. The van der Waals surface area contributed by atoms with Gasteiger partial charge in [-0.25, -0.2) is 12.8 Å². The second-order valence-corrected chi connectivity index (χ2v) is 10.6. The largest absolute Gasteiger partial charge is 0.495 e. The molecule has 0 radical (unpaired) electrons. The van der Waals surface area contributed by atoms with E-state index in [2.05, 4.69) is 9.88 Å². The second-order valence-electron chi connectivity index (χ2n) is 8.99. The molecule has 0 spiro atoms. The summed E-state index contributed by atoms with van der Waals surface area (Å²) in [4.78, 5) is 15.1. The highest BCUT2D eigenvalue weighted by molar-refractivity contribution is 7.96. The number of methoxy groups -OCH3 is 1. The Kier molecular flexibility index (Phi) is 8.09. The quantitative estimate of drug-likeness (QED) is 0.295. The summed E-state index contributed by atoms with van der Waals surface area (Å²) in [6.07, 6.45) is 4.47. The van der Waals surface area contributed by atoms with E-state index in [-0.39, 0.29) is 16.6 Å². The van der Waals surface area contributed by atoms with Crippen LogP contribution in [0.25, 0.3) is 0 Å². The van der Waals surface area contributed by atoms with Crippen molar-refractivity contribution in [2.24, 2.45) is 11.1 Å². The van der Waals surface area contributed by atoms with Crippen LogP contribution in [-0.2, 0) is 10.0 Å². The number of anilines is 1. The van der Waals surface area contributed by atoms with Gasteiger partial charge in [-0.15, -0.1) is 0 Å². The summed E-state index contributed by atoms with van der Waals surface area (Å²) < 4.78 is 48.1. The van der Waals surface area contributed by atoms with E-state index in [1.807, 2.05) is 11.8 Å². The molecule has 1 atom stereocenters. The number of benzene rings is 2. The standard InChI is InChI=1S/C27H30FN3O5S/c1-3-21-25(37(34,35)30-22-6-4-5-7-24(22)36-2)13-12-23(29-33)26(21)31-16-14-19(15-17-31)27(32)18-8-10-20(28)11-9-18/h4-13,19,26,30,33H,3,14-17H2,1-2H3. The maximum absolute atomic E-state index is 13.5. The van der Waals surface area contributed by atoms with Crippen molar-refractivity contribution < 1.29 is 27.5 Å². The number of likely N-dealkylation sites (tertiary alicyclic amines) is 1. The number of hydrogen-bond acceptors (Lipinski definition) is 7. The molecule has 1 unspecified atom stereocenters. The summed E-state index contributed by atoms with van der Waals surface area (Å²) in [5.74, 6) is -0.251. The molecule has 1 aliphatic carbocycles. The van der Waals surface area contributed by atoms with E-state index >= 15 is 0 Å². The summed E-state index contributed by atoms with van der Waals surface area (Å²) in [6, 6.07) is 11.7. The van der Waals surface area contributed by atoms with Gasteiger partial charge in [-0.05, 0) is 86.5 Å². The minimum absolute atomic E-state index is 0.0326. The highest BCUT2D eigenvalue weighted by Gasteiger charge is 2.37. The molecular weight excluding hydrogens is 497 g/mol. The Morgan fingerprint density at radius 1 is 1.14 bits per heavy atom. The van der Waals surface area contributed by atoms with Crippen LogP contribution in [0.3, 0.4) is 0 Å². The minimum atomic E-state index is -3.98. The number of allylic oxidation sites excluding steroid dienone is 1. The Morgan fingerprint density at radius 2 is 1.81 bits per heavy atom. The first kappa shape index (κ1) is 26.6. The first-order valence-electron chi connectivity index (χ1n) is 12.1. The van der Waals surface area contributed by atoms with Crippen LogP contribution in [0.15, 0.2) is 76.3 Å². The Balaban J connectivity index is 1.58. The molecular formula is C27H30FN3O5S. The number of nitrogens with one attached hydrogen (secondary N) is 1. The van der Waals surface area contributed by atoms with Gasteiger partial charge >= 0.3 is 0 Å². The molecule has 0 saturated carbocycles. The first-order valence-corrected chi connectivity index (χ1v) is 13.6. The zero-order valence-corrected chi connectivity index (χ0v) is 21.5. The fraction of sp³-hybridized carbons (Fsp3) is 0.333. The summed E-state index contributed by atoms with van der Waals surface area (Å²) in [7, 11) is -2.52. The van der Waals surface area contributed by atoms with Crippen molar-refractivity contribution >= 4 is 27.2 Å². The third-order valence-electron chi connectivity index (χ3n) is 6.86. The Bertz CT molecular complexity index is 1340. The predicted molar refractivity (Wildman–Crippen MR) is 140 cm³/mol. The van der Waals surface area contributed by atoms with E-state index in [9.17, 15) is 22.8 Å². The molecule has 2 aromatic rings. The van der Waals surface area contributed by atoms with E-state index in [1.165, 1.54) is 43.5 Å². The highest BCUT2D eigenvalue weighted by Crippen LogP contribution is 2.34. The monoisotopic (exact) mass is 527 g/mol. The van der Waals surface area contributed by atoms with E-state index < -0.39 is 21.9 Å². The molecule has 2 aliphatic rings. The van der Waals surface area contributed by atoms with Crippen LogP contribution in [0.1, 0.15) is 36.5 Å². The number of ether oxygens (including phenoxy) is 1. The van der Waals surface area contributed by atoms with Crippen LogP contribution in [0, 0.1) is 11.7 Å². The molecule has 1 aliphatic heterocycles. The van der Waals surface area contributed by atoms with Crippen LogP contribution in [0.4, 0.5) is 10.1 Å². The predicted octanol–water partition coefficient (Wildman–Crippen LogP) is 4.60. The van der Waals surface area contributed by atoms with Gasteiger partial charge in [-0.2, -0.15) is 0 Å². The van der Waals surface area contributed by atoms with Crippen molar-refractivity contribution in [3.05, 3.63) is 82.5 Å². The molecule has 4 rings (SSSR count). The van der Waals surface area contributed by atoms with Gasteiger partial charge in [0.25, 0.3) is 10.0 Å². The van der Waals surface area contributed by atoms with Crippen molar-refractivity contribution in [3.63, 3.8) is 0 Å². The highest BCUT2D eigenvalue weighted by atomic mass is 32.2. The van der Waals surface area contributed by atoms with E-state index in [1.54, 1.807) is 24.3 Å². The molecule has 0 amide bonds. The first-order chi connectivity index (χ1) is 17.8. The fourth-order valence-electron chi connectivity index (χ4n) is 5.00. The maximum Gasteiger partial charge on any atom is 0.262 e. The van der Waals surface area contributed by atoms with Gasteiger partial charge < -0.3 is 9.94 Å². The summed E-state index contributed by atoms with van der Waals surface area (Å²) in [5, 5.41) is 13.2. The van der Waals surface area contributed by atoms with E-state index in [0.29, 0.717) is 60.6 Å². The molecule has 196 valence electrons. The number of para-hydroxylation sites is 2. The van der Waals surface area contributed by atoms with Crippen molar-refractivity contribution in [1.82, 2.24) is 4.90 Å². The second kappa shape index (κ2) is 11.3. The third-order valence-corrected chi connectivity index (χ3v) is 8.33. The minimum Gasteiger partial charge on any atom is -0.495 e. The zero-order chi connectivity index (χ0) is 26.6. The molecule has 2 aromatic carbocycles. The number of nitrogens with zero attached hydrogens (tertiary/aromatic N) is 2. The molecule has 1 saturated heterocycles. The van der Waals surface area contributed by atoms with Gasteiger partial charge in [0.1, 0.15) is 17.3 Å². The molecule has 37 heavy (non-hydrogen) atoms. The SMILES string of the molecule is CCC1=C(S(=O)(=O)Nc2ccccc2OC)C=CC(=NO)C1N1CCC(C(=O)c2ccc(F)cc2)CC1. The number of ketones is 1. The van der Waals surface area contributed by atoms with Crippen molar-refractivity contribution in [1.29, 1.82) is 0 Å². The summed E-state index contributed by atoms with van der Waals surface area (Å²) >= 11 is 0. The van der Waals surface area contributed by atoms with Crippen molar-refractivity contribution in [2.45, 2.75) is 32.2 Å². The average molecular weight is 528 g/mol. The Hall–Kier alpha value is -3.50. The number of oxime groups is 1. The van der Waals surface area contributed by atoms with Gasteiger partial charge in [0, 0.05) is 11.5 Å². The molecule has 0 aromatic heterocycles. The lowest BCUT2D eigenvalue weighted by molar-refractivity contribution is 0.0832. The average Bonchev–Trinajstić information content (AvgIpc) is 2.92. The number of Topliss-reactive ketones (excluding diaryl/α,β-unsaturated/α-hetero) is 1. The van der Waals surface area contributed by atoms with Gasteiger partial charge in [0.05, 0.1) is 23.7 Å². The molecule has 10 heteroatoms. The third kappa shape index (κ3) is 5.60. The van der Waals surface area contributed by atoms with Crippen molar-refractivity contribution in [2.75, 3.05) is 24.9 Å². The van der Waals surface area contributed by atoms with Gasteiger partial charge in [-0.3, -0.25) is 14.4 Å². The van der Waals surface area contributed by atoms with Crippen LogP contribution in [0.5, 0.6) is 5.75 Å². The number of rotatable bonds is 8. The summed E-state index contributed by atoms with van der Waals surface area (Å²) in [6.45, 7) is 2.87. The summed E-state index contributed by atoms with van der Waals surface area (Å²) in [5.41, 5.74) is 1.74. The topological polar surface area (TPSA) is 108 Å². The Morgan fingerprint density at radius 3 is 2.43 bits per heavy atom. The van der Waals surface area contributed by atoms with Gasteiger partial charge in [0.2, 0.25) is 0 Å². The molecule has 8 nitrogen and oxygen atoms in total. The van der Waals surface area contributed by atoms with Crippen LogP contribution in [-0.4, -0.2) is 56.3 Å². The van der Waals surface area contributed by atoms with Gasteiger partial charge in [0.15, 0.2) is 5.78 Å². The number of carbonyl (C=O) groups excluding carboxylic acids is 1. The van der Waals surface area contributed by atoms with E-state index in [4.69, 9.17) is 4.74 Å². The lowest BCUT2D eigenvalue weighted by Gasteiger charge is -2.39. The van der Waals surface area contributed by atoms with E-state index in [0.717, 1.165) is 0 Å². The van der Waals surface area contributed by atoms with Crippen molar-refractivity contribution in [3.8, 4) is 5.75 Å². The number of halogens is 1. The molecule has 1 heterocycles. The normalized spacial score (nSPS) is 20.3. The Labute approximate surface area is 216 Å². The zero-order valence-electron chi connectivity index (χ0n) is 20.7. The number of piperidine rings is 1. The van der Waals surface area contributed by atoms with Crippen LogP contribution in [0.2, 0.25) is 0 Å². The van der Waals surface area contributed by atoms with Gasteiger partial charge in [-0.1, -0.05) is 24.2 Å².